The fourth-order valence-corrected chi connectivity index (χ4v) is 2.35. The summed E-state index contributed by atoms with van der Waals surface area (Å²) in [4.78, 5) is 20.3. The zero-order chi connectivity index (χ0) is 16.7. The number of rotatable bonds is 7. The number of aromatic nitrogens is 2. The Morgan fingerprint density at radius 1 is 1.22 bits per heavy atom. The van der Waals surface area contributed by atoms with Crippen molar-refractivity contribution in [3.05, 3.63) is 46.9 Å². The zero-order valence-electron chi connectivity index (χ0n) is 13.4. The molecule has 23 heavy (non-hydrogen) atoms. The lowest BCUT2D eigenvalue weighted by Crippen LogP contribution is -2.25. The molecule has 0 saturated carbocycles. The highest BCUT2D eigenvalue weighted by molar-refractivity contribution is 6.30. The number of nitrogens with one attached hydrogen (secondary N) is 2. The second kappa shape index (κ2) is 8.48. The standard InChI is InChI=1S/C17H21ClN4O/c1-3-4-5-8-19-17(23)15-10-16(21-11-20-15)22-14-7-6-13(18)9-12(14)2/h6-7,9-11H,3-5,8H2,1-2H3,(H,19,23)(H,20,21,22). The minimum Gasteiger partial charge on any atom is -0.351 e. The second-order valence-electron chi connectivity index (χ2n) is 5.34. The maximum Gasteiger partial charge on any atom is 0.270 e. The molecule has 0 saturated heterocycles. The molecule has 0 aliphatic rings. The predicted molar refractivity (Wildman–Crippen MR) is 93.4 cm³/mol. The molecule has 0 bridgehead atoms. The van der Waals surface area contributed by atoms with Gasteiger partial charge in [-0.05, 0) is 37.1 Å². The molecule has 1 amide bonds. The molecule has 5 nitrogen and oxygen atoms in total. The number of amides is 1. The van der Waals surface area contributed by atoms with Crippen LogP contribution in [0.2, 0.25) is 5.02 Å². The maximum atomic E-state index is 12.1. The van der Waals surface area contributed by atoms with Crippen LogP contribution in [-0.4, -0.2) is 22.4 Å². The molecular weight excluding hydrogens is 312 g/mol. The van der Waals surface area contributed by atoms with Gasteiger partial charge in [-0.25, -0.2) is 9.97 Å². The van der Waals surface area contributed by atoms with Crippen molar-refractivity contribution in [2.24, 2.45) is 0 Å². The Balaban J connectivity index is 2.03. The quantitative estimate of drug-likeness (QED) is 0.749. The molecule has 0 aliphatic heterocycles. The lowest BCUT2D eigenvalue weighted by molar-refractivity contribution is 0.0948. The fraction of sp³-hybridized carbons (Fsp3) is 0.353. The molecule has 1 heterocycles. The van der Waals surface area contributed by atoms with Gasteiger partial charge in [0.25, 0.3) is 5.91 Å². The van der Waals surface area contributed by atoms with Crippen molar-refractivity contribution in [3.63, 3.8) is 0 Å². The van der Waals surface area contributed by atoms with E-state index in [0.717, 1.165) is 30.5 Å². The topological polar surface area (TPSA) is 66.9 Å². The first-order valence-electron chi connectivity index (χ1n) is 7.73. The Labute approximate surface area is 141 Å². The number of hydrogen-bond acceptors (Lipinski definition) is 4. The van der Waals surface area contributed by atoms with E-state index >= 15 is 0 Å². The minimum atomic E-state index is -0.181. The van der Waals surface area contributed by atoms with Gasteiger partial charge in [0, 0.05) is 23.3 Å². The van der Waals surface area contributed by atoms with Gasteiger partial charge in [0.05, 0.1) is 0 Å². The molecule has 2 aromatic rings. The molecule has 2 N–H and O–H groups in total. The molecule has 6 heteroatoms. The fourth-order valence-electron chi connectivity index (χ4n) is 2.12. The van der Waals surface area contributed by atoms with Crippen LogP contribution in [0.5, 0.6) is 0 Å². The summed E-state index contributed by atoms with van der Waals surface area (Å²) in [5, 5.41) is 6.73. The normalized spacial score (nSPS) is 10.4. The first-order chi connectivity index (χ1) is 11.1. The molecule has 2 rings (SSSR count). The van der Waals surface area contributed by atoms with Gasteiger partial charge in [0.1, 0.15) is 17.8 Å². The molecule has 1 aromatic carbocycles. The first-order valence-corrected chi connectivity index (χ1v) is 8.11. The summed E-state index contributed by atoms with van der Waals surface area (Å²) in [5.74, 6) is 0.392. The summed E-state index contributed by atoms with van der Waals surface area (Å²) in [7, 11) is 0. The van der Waals surface area contributed by atoms with Crippen molar-refractivity contribution in [2.45, 2.75) is 33.1 Å². The summed E-state index contributed by atoms with van der Waals surface area (Å²) in [6.07, 6.45) is 4.58. The van der Waals surface area contributed by atoms with E-state index in [1.54, 1.807) is 12.1 Å². The number of aryl methyl sites for hydroxylation is 1. The number of carbonyl (C=O) groups is 1. The van der Waals surface area contributed by atoms with Crippen LogP contribution in [0.1, 0.15) is 42.2 Å². The van der Waals surface area contributed by atoms with Crippen LogP contribution in [0.25, 0.3) is 0 Å². The lowest BCUT2D eigenvalue weighted by atomic mass is 10.2. The highest BCUT2D eigenvalue weighted by Gasteiger charge is 2.09. The largest absolute Gasteiger partial charge is 0.351 e. The Hall–Kier alpha value is -2.14. The van der Waals surface area contributed by atoms with Crippen LogP contribution in [-0.2, 0) is 0 Å². The number of carbonyl (C=O) groups excluding carboxylic acids is 1. The molecule has 0 radical (unpaired) electrons. The average Bonchev–Trinajstić information content (AvgIpc) is 2.54. The van der Waals surface area contributed by atoms with Crippen LogP contribution in [0.3, 0.4) is 0 Å². The number of benzene rings is 1. The van der Waals surface area contributed by atoms with E-state index in [4.69, 9.17) is 11.6 Å². The highest BCUT2D eigenvalue weighted by atomic mass is 35.5. The van der Waals surface area contributed by atoms with E-state index in [1.165, 1.54) is 6.33 Å². The van der Waals surface area contributed by atoms with Crippen molar-refractivity contribution in [2.75, 3.05) is 11.9 Å². The molecule has 0 unspecified atom stereocenters. The number of unbranched alkanes of at least 4 members (excludes halogenated alkanes) is 2. The van der Waals surface area contributed by atoms with Crippen molar-refractivity contribution in [1.82, 2.24) is 15.3 Å². The highest BCUT2D eigenvalue weighted by Crippen LogP contribution is 2.22. The van der Waals surface area contributed by atoms with E-state index in [-0.39, 0.29) is 5.91 Å². The molecule has 122 valence electrons. The molecule has 0 fully saturated rings. The van der Waals surface area contributed by atoms with Crippen LogP contribution < -0.4 is 10.6 Å². The van der Waals surface area contributed by atoms with Crippen molar-refractivity contribution in [3.8, 4) is 0 Å². The van der Waals surface area contributed by atoms with Crippen LogP contribution >= 0.6 is 11.6 Å². The third-order valence-corrected chi connectivity index (χ3v) is 3.65. The lowest BCUT2D eigenvalue weighted by Gasteiger charge is -2.10. The zero-order valence-corrected chi connectivity index (χ0v) is 14.2. The van der Waals surface area contributed by atoms with Crippen LogP contribution in [0.4, 0.5) is 11.5 Å². The van der Waals surface area contributed by atoms with Crippen LogP contribution in [0.15, 0.2) is 30.6 Å². The van der Waals surface area contributed by atoms with E-state index in [0.29, 0.717) is 23.1 Å². The SMILES string of the molecule is CCCCCNC(=O)c1cc(Nc2ccc(Cl)cc2C)ncn1. The minimum absolute atomic E-state index is 0.181. The van der Waals surface area contributed by atoms with Gasteiger partial charge in [0.2, 0.25) is 0 Å². The van der Waals surface area contributed by atoms with Crippen molar-refractivity contribution < 1.29 is 4.79 Å². The third kappa shape index (κ3) is 5.21. The van der Waals surface area contributed by atoms with Gasteiger partial charge >= 0.3 is 0 Å². The van der Waals surface area contributed by atoms with Crippen molar-refractivity contribution in [1.29, 1.82) is 0 Å². The molecule has 0 aliphatic carbocycles. The Morgan fingerprint density at radius 2 is 2.04 bits per heavy atom. The summed E-state index contributed by atoms with van der Waals surface area (Å²) in [5.41, 5.74) is 2.25. The number of anilines is 2. The third-order valence-electron chi connectivity index (χ3n) is 3.42. The molecule has 0 atom stereocenters. The number of halogens is 1. The smallest absolute Gasteiger partial charge is 0.270 e. The summed E-state index contributed by atoms with van der Waals surface area (Å²) < 4.78 is 0. The van der Waals surface area contributed by atoms with Gasteiger partial charge in [0.15, 0.2) is 0 Å². The predicted octanol–water partition coefficient (Wildman–Crippen LogP) is 4.10. The van der Waals surface area contributed by atoms with E-state index in [1.807, 2.05) is 19.1 Å². The Bertz CT molecular complexity index is 675. The average molecular weight is 333 g/mol. The van der Waals surface area contributed by atoms with Crippen LogP contribution in [0, 0.1) is 6.92 Å². The van der Waals surface area contributed by atoms with E-state index in [9.17, 15) is 4.79 Å². The Morgan fingerprint density at radius 3 is 2.78 bits per heavy atom. The van der Waals surface area contributed by atoms with Gasteiger partial charge in [-0.3, -0.25) is 4.79 Å². The van der Waals surface area contributed by atoms with Crippen molar-refractivity contribution >= 4 is 29.0 Å². The van der Waals surface area contributed by atoms with E-state index in [2.05, 4.69) is 27.5 Å². The van der Waals surface area contributed by atoms with Gasteiger partial charge in [-0.1, -0.05) is 31.4 Å². The number of nitrogens with zero attached hydrogens (tertiary/aromatic N) is 2. The summed E-state index contributed by atoms with van der Waals surface area (Å²) in [6.45, 7) is 4.75. The second-order valence-corrected chi connectivity index (χ2v) is 5.77. The van der Waals surface area contributed by atoms with Gasteiger partial charge in [-0.2, -0.15) is 0 Å². The van der Waals surface area contributed by atoms with E-state index < -0.39 is 0 Å². The molecular formula is C17H21ClN4O. The first kappa shape index (κ1) is 17.2. The van der Waals surface area contributed by atoms with Gasteiger partial charge in [-0.15, -0.1) is 0 Å². The monoisotopic (exact) mass is 332 g/mol. The maximum absolute atomic E-state index is 12.1. The van der Waals surface area contributed by atoms with Gasteiger partial charge < -0.3 is 10.6 Å². The molecule has 0 spiro atoms. The Kier molecular flexibility index (Phi) is 6.35. The number of hydrogen-bond donors (Lipinski definition) is 2. The molecule has 1 aromatic heterocycles. The summed E-state index contributed by atoms with van der Waals surface area (Å²) >= 11 is 5.95. The summed E-state index contributed by atoms with van der Waals surface area (Å²) in [6, 6.07) is 7.19.